The lowest BCUT2D eigenvalue weighted by atomic mass is 9.97. The summed E-state index contributed by atoms with van der Waals surface area (Å²) in [5.74, 6) is 0. The molecular weight excluding hydrogens is 320 g/mol. The summed E-state index contributed by atoms with van der Waals surface area (Å²) in [5.41, 5.74) is 2.74. The average molecular weight is 347 g/mol. The van der Waals surface area contributed by atoms with E-state index in [9.17, 15) is 0 Å². The molecule has 2 aromatic carbocycles. The van der Waals surface area contributed by atoms with Gasteiger partial charge in [0.1, 0.15) is 0 Å². The fraction of sp³-hybridized carbons (Fsp3) is 0.227. The summed E-state index contributed by atoms with van der Waals surface area (Å²) in [6.45, 7) is 2.10. The lowest BCUT2D eigenvalue weighted by Gasteiger charge is -2.37. The van der Waals surface area contributed by atoms with Gasteiger partial charge < -0.3 is 4.57 Å². The smallest absolute Gasteiger partial charge is 0.0953 e. The second-order valence-corrected chi connectivity index (χ2v) is 8.61. The zero-order chi connectivity index (χ0) is 17.4. The molecule has 128 valence electrons. The summed E-state index contributed by atoms with van der Waals surface area (Å²) in [6.07, 6.45) is 12.9. The summed E-state index contributed by atoms with van der Waals surface area (Å²) in [6, 6.07) is 23.2. The van der Waals surface area contributed by atoms with Gasteiger partial charge >= 0.3 is 0 Å². The van der Waals surface area contributed by atoms with Crippen molar-refractivity contribution in [2.24, 2.45) is 0 Å². The second-order valence-electron chi connectivity index (χ2n) is 6.38. The Morgan fingerprint density at radius 2 is 1.64 bits per heavy atom. The normalized spacial score (nSPS) is 12.4. The van der Waals surface area contributed by atoms with Gasteiger partial charge in [0.05, 0.1) is 21.0 Å². The van der Waals surface area contributed by atoms with E-state index in [0.717, 1.165) is 0 Å². The number of rotatable bonds is 8. The van der Waals surface area contributed by atoms with Gasteiger partial charge in [0.2, 0.25) is 0 Å². The molecule has 0 unspecified atom stereocenters. The van der Waals surface area contributed by atoms with Gasteiger partial charge in [0.15, 0.2) is 0 Å². The van der Waals surface area contributed by atoms with Crippen molar-refractivity contribution in [3.63, 3.8) is 0 Å². The van der Waals surface area contributed by atoms with Gasteiger partial charge in [-0.15, -0.1) is 0 Å². The Labute approximate surface area is 153 Å². The molecule has 0 aliphatic rings. The minimum atomic E-state index is -0.486. The van der Waals surface area contributed by atoms with Crippen molar-refractivity contribution in [2.75, 3.05) is 0 Å². The third-order valence-corrected chi connectivity index (χ3v) is 7.60. The first-order valence-electron chi connectivity index (χ1n) is 9.08. The highest BCUT2D eigenvalue weighted by molar-refractivity contribution is 6.41. The van der Waals surface area contributed by atoms with Gasteiger partial charge in [-0.05, 0) is 24.5 Å². The maximum atomic E-state index is 4.37. The van der Waals surface area contributed by atoms with Crippen molar-refractivity contribution in [1.82, 2.24) is 9.55 Å². The van der Waals surface area contributed by atoms with Crippen LogP contribution in [0.5, 0.6) is 0 Å². The first kappa shape index (κ1) is 17.4. The van der Waals surface area contributed by atoms with Crippen LogP contribution in [0.2, 0.25) is 6.04 Å². The molecule has 0 amide bonds. The third kappa shape index (κ3) is 3.82. The Morgan fingerprint density at radius 3 is 2.16 bits per heavy atom. The zero-order valence-corrected chi connectivity index (χ0v) is 16.3. The number of imidazole rings is 1. The summed E-state index contributed by atoms with van der Waals surface area (Å²) in [5, 5.41) is -0.0745. The van der Waals surface area contributed by atoms with Crippen molar-refractivity contribution in [3.8, 4) is 0 Å². The average Bonchev–Trinajstić information content (AvgIpc) is 3.21. The monoisotopic (exact) mass is 346 g/mol. The molecule has 0 bridgehead atoms. The summed E-state index contributed by atoms with van der Waals surface area (Å²) >= 11 is 0. The van der Waals surface area contributed by atoms with Crippen LogP contribution in [0, 0.1) is 0 Å². The molecule has 0 aliphatic carbocycles. The number of benzene rings is 2. The highest BCUT2D eigenvalue weighted by atomic mass is 28.2. The molecule has 1 aromatic heterocycles. The van der Waals surface area contributed by atoms with Crippen LogP contribution >= 0.6 is 0 Å². The van der Waals surface area contributed by atoms with Crippen LogP contribution < -0.4 is 0 Å². The van der Waals surface area contributed by atoms with Crippen LogP contribution in [-0.2, 0) is 5.16 Å². The van der Waals surface area contributed by atoms with Crippen molar-refractivity contribution in [1.29, 1.82) is 0 Å². The Bertz CT molecular complexity index is 725. The van der Waals surface area contributed by atoms with E-state index in [0.29, 0.717) is 0 Å². The molecule has 0 radical (unpaired) electrons. The third-order valence-electron chi connectivity index (χ3n) is 4.84. The molecular formula is C22H26N2Si. The molecule has 2 nitrogen and oxygen atoms in total. The van der Waals surface area contributed by atoms with E-state index < -0.39 is 9.52 Å². The number of allylic oxidation sites excluding steroid dienone is 2. The lowest BCUT2D eigenvalue weighted by Crippen LogP contribution is -2.41. The van der Waals surface area contributed by atoms with Gasteiger partial charge in [0.25, 0.3) is 0 Å². The van der Waals surface area contributed by atoms with E-state index in [1.165, 1.54) is 30.0 Å². The van der Waals surface area contributed by atoms with Crippen LogP contribution in [-0.4, -0.2) is 19.1 Å². The SMILES string of the molecule is CC=CCCC[SiH2]C(c1ccccc1)(c1ccccc1)n1ccnc1. The standard InChI is InChI=1S/C22H26N2Si/c1-2-3-4-11-18-25-22(24-17-16-23-19-24,20-12-7-5-8-13-20)21-14-9-6-10-15-21/h2-3,5-10,12-17,19H,4,11,18,25H2,1H3. The molecule has 0 N–H and O–H groups in total. The molecule has 25 heavy (non-hydrogen) atoms. The van der Waals surface area contributed by atoms with Crippen molar-refractivity contribution in [2.45, 2.75) is 31.0 Å². The fourth-order valence-electron chi connectivity index (χ4n) is 3.60. The zero-order valence-electron chi connectivity index (χ0n) is 14.9. The maximum absolute atomic E-state index is 4.37. The number of hydrogen-bond donors (Lipinski definition) is 0. The molecule has 0 saturated carbocycles. The first-order chi connectivity index (χ1) is 12.4. The quantitative estimate of drug-likeness (QED) is 0.332. The van der Waals surface area contributed by atoms with Crippen molar-refractivity contribution < 1.29 is 0 Å². The number of aromatic nitrogens is 2. The van der Waals surface area contributed by atoms with Crippen molar-refractivity contribution in [3.05, 3.63) is 103 Å². The number of nitrogens with zero attached hydrogens (tertiary/aromatic N) is 2. The highest BCUT2D eigenvalue weighted by Crippen LogP contribution is 2.34. The van der Waals surface area contributed by atoms with Crippen LogP contribution in [0.15, 0.2) is 91.5 Å². The molecule has 3 aromatic rings. The van der Waals surface area contributed by atoms with E-state index in [4.69, 9.17) is 0 Å². The van der Waals surface area contributed by atoms with Crippen LogP contribution in [0.4, 0.5) is 0 Å². The highest BCUT2D eigenvalue weighted by Gasteiger charge is 2.35. The van der Waals surface area contributed by atoms with Gasteiger partial charge in [0, 0.05) is 12.4 Å². The molecule has 3 rings (SSSR count). The Balaban J connectivity index is 2.05. The van der Waals surface area contributed by atoms with E-state index in [2.05, 4.69) is 95.5 Å². The fourth-order valence-corrected chi connectivity index (χ4v) is 6.15. The molecule has 1 heterocycles. The molecule has 0 spiro atoms. The van der Waals surface area contributed by atoms with E-state index in [1.54, 1.807) is 0 Å². The van der Waals surface area contributed by atoms with Gasteiger partial charge in [-0.1, -0.05) is 85.3 Å². The summed E-state index contributed by atoms with van der Waals surface area (Å²) in [7, 11) is -0.486. The van der Waals surface area contributed by atoms with Gasteiger partial charge in [-0.3, -0.25) is 0 Å². The predicted octanol–water partition coefficient (Wildman–Crippen LogP) is 4.58. The minimum absolute atomic E-state index is 0.0745. The second kappa shape index (κ2) is 8.63. The largest absolute Gasteiger partial charge is 0.327 e. The number of hydrogen-bond acceptors (Lipinski definition) is 1. The molecule has 0 fully saturated rings. The number of unbranched alkanes of at least 4 members (excludes halogenated alkanes) is 1. The molecule has 0 atom stereocenters. The predicted molar refractivity (Wildman–Crippen MR) is 109 cm³/mol. The maximum Gasteiger partial charge on any atom is 0.0953 e. The Hall–Kier alpha value is -2.39. The topological polar surface area (TPSA) is 17.8 Å². The van der Waals surface area contributed by atoms with Crippen LogP contribution in [0.1, 0.15) is 30.9 Å². The van der Waals surface area contributed by atoms with E-state index >= 15 is 0 Å². The van der Waals surface area contributed by atoms with E-state index in [-0.39, 0.29) is 5.16 Å². The van der Waals surface area contributed by atoms with Crippen molar-refractivity contribution >= 4 is 9.52 Å². The molecule has 0 aliphatic heterocycles. The lowest BCUT2D eigenvalue weighted by molar-refractivity contribution is 0.589. The van der Waals surface area contributed by atoms with Crippen LogP contribution in [0.3, 0.4) is 0 Å². The first-order valence-corrected chi connectivity index (χ1v) is 10.8. The Kier molecular flexibility index (Phi) is 6.02. The Morgan fingerprint density at radius 1 is 1.00 bits per heavy atom. The van der Waals surface area contributed by atoms with Gasteiger partial charge in [-0.25, -0.2) is 4.98 Å². The molecule has 0 saturated heterocycles. The minimum Gasteiger partial charge on any atom is -0.327 e. The summed E-state index contributed by atoms with van der Waals surface area (Å²) < 4.78 is 2.33. The van der Waals surface area contributed by atoms with Crippen LogP contribution in [0.25, 0.3) is 0 Å². The summed E-state index contributed by atoms with van der Waals surface area (Å²) in [4.78, 5) is 4.37. The van der Waals surface area contributed by atoms with E-state index in [1.807, 2.05) is 12.5 Å². The molecule has 3 heteroatoms. The van der Waals surface area contributed by atoms with Gasteiger partial charge in [-0.2, -0.15) is 0 Å².